The van der Waals surface area contributed by atoms with Gasteiger partial charge in [-0.05, 0) is 73.6 Å². The first-order chi connectivity index (χ1) is 36.8. The largest absolute Gasteiger partial charge is 2.00 e. The van der Waals surface area contributed by atoms with Gasteiger partial charge in [0.15, 0.2) is 0 Å². The van der Waals surface area contributed by atoms with Crippen LogP contribution in [0.4, 0.5) is 9.59 Å². The Morgan fingerprint density at radius 2 is 0.870 bits per heavy atom. The molecular weight excluding hydrogens is 1020 g/mol. The van der Waals surface area contributed by atoms with Crippen molar-refractivity contribution >= 4 is 87.8 Å². The number of nitrogens with zero attached hydrogens (tertiary/aromatic N) is 2. The summed E-state index contributed by atoms with van der Waals surface area (Å²) < 4.78 is 20.6. The van der Waals surface area contributed by atoms with Gasteiger partial charge < -0.3 is 70.1 Å². The van der Waals surface area contributed by atoms with Gasteiger partial charge in [0.25, 0.3) is 0 Å². The molecule has 2 aliphatic heterocycles. The number of hydrogen-bond acceptors (Lipinski definition) is 14. The van der Waals surface area contributed by atoms with Crippen LogP contribution in [0.3, 0.4) is 0 Å². The third-order valence-electron chi connectivity index (χ3n) is 12.9. The van der Waals surface area contributed by atoms with Crippen LogP contribution < -0.4 is 31.3 Å². The zero-order chi connectivity index (χ0) is 54.7. The number of carbonyl (C=O) groups excluding carboxylic acids is 6. The molecule has 77 heavy (non-hydrogen) atoms. The van der Waals surface area contributed by atoms with Crippen molar-refractivity contribution in [2.75, 3.05) is 40.5 Å². The molecule has 2 fully saturated rings. The van der Waals surface area contributed by atoms with E-state index in [1.165, 1.54) is 24.0 Å². The van der Waals surface area contributed by atoms with Gasteiger partial charge in [-0.15, -0.1) is 0 Å². The topological polar surface area (TPSA) is 281 Å². The Bertz CT molecular complexity index is 2220. The molecule has 2 saturated heterocycles. The monoisotopic (exact) mass is 1090 g/mol. The molecule has 2 aliphatic rings. The molecular formula is C54H70B2CaN6O14. The minimum atomic E-state index is -1.99. The van der Waals surface area contributed by atoms with Gasteiger partial charge in [0.2, 0.25) is 37.9 Å². The summed E-state index contributed by atoms with van der Waals surface area (Å²) in [6, 6.07) is 33.3. The first kappa shape index (κ1) is 64.0. The molecule has 0 spiro atoms. The molecule has 0 unspecified atom stereocenters. The second kappa shape index (κ2) is 35.1. The van der Waals surface area contributed by atoms with Gasteiger partial charge in [0, 0.05) is 65.2 Å². The molecule has 20 nitrogen and oxygen atoms in total. The van der Waals surface area contributed by atoms with Crippen LogP contribution >= 0.6 is 0 Å². The molecule has 4 aromatic rings. The van der Waals surface area contributed by atoms with E-state index in [1.54, 1.807) is 0 Å². The number of hydrogen-bond donors (Lipinski definition) is 6. The number of nitrogens with one attached hydrogen (secondary N) is 4. The van der Waals surface area contributed by atoms with Gasteiger partial charge in [-0.1, -0.05) is 121 Å². The van der Waals surface area contributed by atoms with E-state index in [2.05, 4.69) is 21.3 Å². The molecule has 4 aromatic carbocycles. The van der Waals surface area contributed by atoms with Crippen LogP contribution in [0.5, 0.6) is 0 Å². The van der Waals surface area contributed by atoms with Gasteiger partial charge >= 0.3 is 49.9 Å². The van der Waals surface area contributed by atoms with Gasteiger partial charge in [-0.2, -0.15) is 0 Å². The minimum Gasteiger partial charge on any atom is -0.855 e. The van der Waals surface area contributed by atoms with E-state index < -0.39 is 86.1 Å². The van der Waals surface area contributed by atoms with Crippen LogP contribution in [0.1, 0.15) is 73.6 Å². The summed E-state index contributed by atoms with van der Waals surface area (Å²) in [6.45, 7) is 1.54. The predicted octanol–water partition coefficient (Wildman–Crippen LogP) is 1.23. The second-order valence-electron chi connectivity index (χ2n) is 18.6. The molecule has 2 heterocycles. The van der Waals surface area contributed by atoms with Crippen molar-refractivity contribution in [1.82, 2.24) is 31.1 Å². The van der Waals surface area contributed by atoms with Crippen molar-refractivity contribution in [3.05, 3.63) is 144 Å². The first-order valence-electron chi connectivity index (χ1n) is 25.7. The summed E-state index contributed by atoms with van der Waals surface area (Å²) in [5.41, 5.74) is 3.29. The van der Waals surface area contributed by atoms with Crippen molar-refractivity contribution in [1.29, 1.82) is 0 Å². The fraction of sp³-hybridized carbons (Fsp3) is 0.444. The molecule has 0 aromatic heterocycles. The maximum absolute atomic E-state index is 13.7. The molecule has 6 amide bonds. The van der Waals surface area contributed by atoms with Crippen molar-refractivity contribution in [3.63, 3.8) is 0 Å². The molecule has 6 N–H and O–H groups in total. The van der Waals surface area contributed by atoms with Gasteiger partial charge in [-0.25, -0.2) is 9.59 Å². The van der Waals surface area contributed by atoms with Crippen LogP contribution in [0.2, 0.25) is 0 Å². The van der Waals surface area contributed by atoms with Crippen LogP contribution in [-0.4, -0.2) is 184 Å². The number of rotatable bonds is 26. The van der Waals surface area contributed by atoms with Gasteiger partial charge in [0.05, 0.1) is 0 Å². The number of methoxy groups -OCH3 is 2. The van der Waals surface area contributed by atoms with E-state index in [0.717, 1.165) is 22.3 Å². The maximum atomic E-state index is 13.7. The van der Waals surface area contributed by atoms with E-state index in [0.29, 0.717) is 64.8 Å². The second-order valence-corrected chi connectivity index (χ2v) is 18.6. The number of benzene rings is 4. The molecule has 0 bridgehead atoms. The van der Waals surface area contributed by atoms with Crippen LogP contribution in [0.15, 0.2) is 121 Å². The van der Waals surface area contributed by atoms with Crippen LogP contribution in [-0.2, 0) is 64.2 Å². The Labute approximate surface area is 481 Å². The molecule has 6 rings (SSSR count). The van der Waals surface area contributed by atoms with Crippen LogP contribution in [0.25, 0.3) is 0 Å². The van der Waals surface area contributed by atoms with Crippen molar-refractivity contribution in [2.45, 2.75) is 113 Å². The first-order valence-corrected chi connectivity index (χ1v) is 25.7. The zero-order valence-corrected chi connectivity index (χ0v) is 46.1. The standard InChI is InChI=1S/2C27H35BN3O7.Ca/c2*1-37-17-9-15-24(28(35)36)30-25(32)23-14-8-16-31(23)26(33)22(18-20-10-4-2-5-11-20)29-27(34)38-19-21-12-6-3-7-13-21;/h2*2-7,10-13,22-24,35H,8-9,14-19H2,1H3,(H,29,34)(H,30,32);/q2*-1;+2/t2*22-,23+,24+;/m11./s1. The van der Waals surface area contributed by atoms with Crippen molar-refractivity contribution in [2.24, 2.45) is 0 Å². The number of alkyl carbamates (subject to hydrolysis) is 2. The number of amides is 6. The van der Waals surface area contributed by atoms with Gasteiger partial charge in [0.1, 0.15) is 37.4 Å². The van der Waals surface area contributed by atoms with Crippen molar-refractivity contribution < 1.29 is 67.8 Å². The third kappa shape index (κ3) is 22.0. The van der Waals surface area contributed by atoms with Crippen LogP contribution in [0, 0.1) is 0 Å². The summed E-state index contributed by atoms with van der Waals surface area (Å²) >= 11 is 0. The Hall–Kier alpha value is -5.55. The molecule has 0 radical (unpaired) electrons. The third-order valence-corrected chi connectivity index (χ3v) is 12.9. The number of likely N-dealkylation sites (tertiary alicyclic amines) is 2. The number of carbonyl (C=O) groups is 6. The summed E-state index contributed by atoms with van der Waals surface area (Å²) in [5.74, 6) is -3.83. The molecule has 23 heteroatoms. The summed E-state index contributed by atoms with van der Waals surface area (Å²) in [5, 5.41) is 53.3. The van der Waals surface area contributed by atoms with Crippen molar-refractivity contribution in [3.8, 4) is 0 Å². The Kier molecular flexibility index (Phi) is 29.1. The fourth-order valence-electron chi connectivity index (χ4n) is 8.95. The summed E-state index contributed by atoms with van der Waals surface area (Å²) in [6.07, 6.45) is 2.42. The van der Waals surface area contributed by atoms with E-state index in [-0.39, 0.29) is 76.6 Å². The quantitative estimate of drug-likeness (QED) is 0.0382. The zero-order valence-electron chi connectivity index (χ0n) is 43.9. The molecule has 408 valence electrons. The summed E-state index contributed by atoms with van der Waals surface area (Å²) in [7, 11) is -0.928. The smallest absolute Gasteiger partial charge is 0.855 e. The normalized spacial score (nSPS) is 16.2. The number of ether oxygens (including phenoxy) is 4. The molecule has 6 atom stereocenters. The minimum absolute atomic E-state index is 0. The SMILES string of the molecule is COCCC[C@H](NC(=O)[C@@H]1CCCN1C(=O)[C@@H](Cc1ccccc1)NC(=O)OCc1ccccc1)B([O-])O.COCCC[C@H](NC(=O)[C@@H]1CCCN1C(=O)[C@@H](Cc1ccccc1)NC(=O)OCc1ccccc1)B([O-])O.[Ca+2]. The van der Waals surface area contributed by atoms with Gasteiger partial charge in [-0.3, -0.25) is 19.2 Å². The van der Waals surface area contributed by atoms with E-state index in [9.17, 15) is 48.9 Å². The maximum Gasteiger partial charge on any atom is 2.00 e. The Morgan fingerprint density at radius 1 is 0.545 bits per heavy atom. The predicted molar refractivity (Wildman–Crippen MR) is 285 cm³/mol. The molecule has 0 saturated carbocycles. The average Bonchev–Trinajstić information content (AvgIpc) is 4.15. The van der Waals surface area contributed by atoms with E-state index in [1.807, 2.05) is 121 Å². The average molecular weight is 1090 g/mol. The summed E-state index contributed by atoms with van der Waals surface area (Å²) in [4.78, 5) is 81.6. The fourth-order valence-corrected chi connectivity index (χ4v) is 8.95. The molecule has 0 aliphatic carbocycles. The Balaban J connectivity index is 0.000000328. The Morgan fingerprint density at radius 3 is 1.18 bits per heavy atom. The van der Waals surface area contributed by atoms with E-state index in [4.69, 9.17) is 18.9 Å². The van der Waals surface area contributed by atoms with E-state index >= 15 is 0 Å².